The van der Waals surface area contributed by atoms with Crippen molar-refractivity contribution in [3.05, 3.63) is 38.9 Å². The highest BCUT2D eigenvalue weighted by atomic mass is 32.1. The molecule has 0 spiro atoms. The lowest BCUT2D eigenvalue weighted by Gasteiger charge is -2.06. The second kappa shape index (κ2) is 6.27. The fourth-order valence-electron chi connectivity index (χ4n) is 1.57. The maximum atomic E-state index is 11.6. The molecule has 9 heteroatoms. The van der Waals surface area contributed by atoms with Crippen LogP contribution in [0.5, 0.6) is 5.75 Å². The molecule has 1 amide bonds. The van der Waals surface area contributed by atoms with Gasteiger partial charge in [-0.1, -0.05) is 11.3 Å². The SMILES string of the molecule is Cc1nnc(NC(=O)COc2ccc([N+](=O)[O-])c(C)c2)s1. The van der Waals surface area contributed by atoms with Crippen LogP contribution in [0.25, 0.3) is 0 Å². The van der Waals surface area contributed by atoms with Crippen LogP contribution in [0.1, 0.15) is 10.6 Å². The van der Waals surface area contributed by atoms with E-state index in [0.717, 1.165) is 5.01 Å². The number of anilines is 1. The van der Waals surface area contributed by atoms with E-state index in [4.69, 9.17) is 4.74 Å². The molecule has 0 atom stereocenters. The highest BCUT2D eigenvalue weighted by Crippen LogP contribution is 2.23. The maximum Gasteiger partial charge on any atom is 0.272 e. The first-order chi connectivity index (χ1) is 9.95. The molecule has 110 valence electrons. The monoisotopic (exact) mass is 308 g/mol. The summed E-state index contributed by atoms with van der Waals surface area (Å²) in [6.45, 7) is 3.18. The summed E-state index contributed by atoms with van der Waals surface area (Å²) in [7, 11) is 0. The number of nitro benzene ring substituents is 1. The zero-order valence-electron chi connectivity index (χ0n) is 11.3. The molecule has 0 aliphatic heterocycles. The molecule has 0 radical (unpaired) electrons. The Balaban J connectivity index is 1.92. The number of aryl methyl sites for hydroxylation is 2. The van der Waals surface area contributed by atoms with Crippen molar-refractivity contribution in [1.82, 2.24) is 10.2 Å². The van der Waals surface area contributed by atoms with Crippen molar-refractivity contribution in [2.75, 3.05) is 11.9 Å². The maximum absolute atomic E-state index is 11.6. The van der Waals surface area contributed by atoms with Gasteiger partial charge in [-0.2, -0.15) is 0 Å². The lowest BCUT2D eigenvalue weighted by atomic mass is 10.2. The molecule has 0 fully saturated rings. The number of carbonyl (C=O) groups excluding carboxylic acids is 1. The molecule has 2 aromatic rings. The van der Waals surface area contributed by atoms with Crippen LogP contribution in [0.3, 0.4) is 0 Å². The highest BCUT2D eigenvalue weighted by molar-refractivity contribution is 7.15. The second-order valence-corrected chi connectivity index (χ2v) is 5.35. The Kier molecular flexibility index (Phi) is 4.43. The van der Waals surface area contributed by atoms with Crippen LogP contribution in [0, 0.1) is 24.0 Å². The number of aromatic nitrogens is 2. The molecule has 21 heavy (non-hydrogen) atoms. The van der Waals surface area contributed by atoms with E-state index < -0.39 is 4.92 Å². The summed E-state index contributed by atoms with van der Waals surface area (Å²) >= 11 is 1.26. The molecular formula is C12H12N4O4S. The van der Waals surface area contributed by atoms with E-state index in [0.29, 0.717) is 16.4 Å². The number of nitro groups is 1. The number of amides is 1. The molecule has 0 unspecified atom stereocenters. The molecule has 0 aliphatic carbocycles. The van der Waals surface area contributed by atoms with Gasteiger partial charge in [0.25, 0.3) is 11.6 Å². The predicted molar refractivity (Wildman–Crippen MR) is 76.6 cm³/mol. The lowest BCUT2D eigenvalue weighted by Crippen LogP contribution is -2.20. The van der Waals surface area contributed by atoms with E-state index in [-0.39, 0.29) is 18.2 Å². The largest absolute Gasteiger partial charge is 0.484 e. The van der Waals surface area contributed by atoms with Crippen LogP contribution in [0.15, 0.2) is 18.2 Å². The van der Waals surface area contributed by atoms with E-state index in [9.17, 15) is 14.9 Å². The second-order valence-electron chi connectivity index (χ2n) is 4.17. The van der Waals surface area contributed by atoms with Crippen molar-refractivity contribution in [2.24, 2.45) is 0 Å². The molecule has 0 saturated carbocycles. The van der Waals surface area contributed by atoms with E-state index in [1.807, 2.05) is 0 Å². The summed E-state index contributed by atoms with van der Waals surface area (Å²) in [6.07, 6.45) is 0. The molecular weight excluding hydrogens is 296 g/mol. The van der Waals surface area contributed by atoms with E-state index in [1.54, 1.807) is 13.8 Å². The average molecular weight is 308 g/mol. The van der Waals surface area contributed by atoms with Crippen LogP contribution >= 0.6 is 11.3 Å². The van der Waals surface area contributed by atoms with Crippen LogP contribution in [0.4, 0.5) is 10.8 Å². The Labute approximate surface area is 123 Å². The summed E-state index contributed by atoms with van der Waals surface area (Å²) in [5.74, 6) is 0.0175. The van der Waals surface area contributed by atoms with Crippen molar-refractivity contribution in [2.45, 2.75) is 13.8 Å². The Hall–Kier alpha value is -2.55. The normalized spacial score (nSPS) is 10.2. The summed E-state index contributed by atoms with van der Waals surface area (Å²) in [4.78, 5) is 21.9. The van der Waals surface area contributed by atoms with Gasteiger partial charge in [-0.25, -0.2) is 0 Å². The predicted octanol–water partition coefficient (Wildman–Crippen LogP) is 2.08. The number of benzene rings is 1. The molecule has 2 rings (SSSR count). The van der Waals surface area contributed by atoms with E-state index >= 15 is 0 Å². The van der Waals surface area contributed by atoms with Crippen LogP contribution in [-0.2, 0) is 4.79 Å². The quantitative estimate of drug-likeness (QED) is 0.669. The lowest BCUT2D eigenvalue weighted by molar-refractivity contribution is -0.385. The van der Waals surface area contributed by atoms with Crippen molar-refractivity contribution in [1.29, 1.82) is 0 Å². The summed E-state index contributed by atoms with van der Waals surface area (Å²) in [6, 6.07) is 4.31. The smallest absolute Gasteiger partial charge is 0.272 e. The van der Waals surface area contributed by atoms with Crippen LogP contribution < -0.4 is 10.1 Å². The van der Waals surface area contributed by atoms with Gasteiger partial charge in [0.05, 0.1) is 4.92 Å². The molecule has 0 saturated heterocycles. The first-order valence-corrected chi connectivity index (χ1v) is 6.75. The van der Waals surface area contributed by atoms with Gasteiger partial charge < -0.3 is 4.74 Å². The number of carbonyl (C=O) groups is 1. The zero-order valence-corrected chi connectivity index (χ0v) is 12.1. The van der Waals surface area contributed by atoms with Gasteiger partial charge in [-0.3, -0.25) is 20.2 Å². The first-order valence-electron chi connectivity index (χ1n) is 5.93. The fourth-order valence-corrected chi connectivity index (χ4v) is 2.18. The minimum absolute atomic E-state index is 0.0103. The molecule has 1 aromatic carbocycles. The van der Waals surface area contributed by atoms with E-state index in [2.05, 4.69) is 15.5 Å². The molecule has 8 nitrogen and oxygen atoms in total. The fraction of sp³-hybridized carbons (Fsp3) is 0.250. The third-order valence-corrected chi connectivity index (χ3v) is 3.26. The Morgan fingerprint density at radius 3 is 2.76 bits per heavy atom. The Morgan fingerprint density at radius 1 is 1.43 bits per heavy atom. The topological polar surface area (TPSA) is 107 Å². The highest BCUT2D eigenvalue weighted by Gasteiger charge is 2.12. The Bertz CT molecular complexity index is 686. The molecule has 1 heterocycles. The van der Waals surface area contributed by atoms with Crippen LogP contribution in [-0.4, -0.2) is 27.6 Å². The van der Waals surface area contributed by atoms with Crippen molar-refractivity contribution >= 4 is 28.1 Å². The standard InChI is InChI=1S/C12H12N4O4S/c1-7-5-9(3-4-10(7)16(18)19)20-6-11(17)13-12-15-14-8(2)21-12/h3-5H,6H2,1-2H3,(H,13,15,17). The van der Waals surface area contributed by atoms with Crippen molar-refractivity contribution in [3.63, 3.8) is 0 Å². The third-order valence-electron chi connectivity index (χ3n) is 2.51. The van der Waals surface area contributed by atoms with Crippen LogP contribution in [0.2, 0.25) is 0 Å². The molecule has 1 aromatic heterocycles. The van der Waals surface area contributed by atoms with Crippen molar-refractivity contribution < 1.29 is 14.5 Å². The van der Waals surface area contributed by atoms with Gasteiger partial charge in [0, 0.05) is 11.6 Å². The molecule has 0 aliphatic rings. The van der Waals surface area contributed by atoms with Gasteiger partial charge in [-0.15, -0.1) is 10.2 Å². The summed E-state index contributed by atoms with van der Waals surface area (Å²) in [5, 5.41) is 21.9. The first kappa shape index (κ1) is 14.9. The number of ether oxygens (including phenoxy) is 1. The molecule has 1 N–H and O–H groups in total. The average Bonchev–Trinajstić information content (AvgIpc) is 2.81. The Morgan fingerprint density at radius 2 is 2.19 bits per heavy atom. The number of hydrogen-bond acceptors (Lipinski definition) is 7. The third kappa shape index (κ3) is 3.96. The number of hydrogen-bond donors (Lipinski definition) is 1. The van der Waals surface area contributed by atoms with Gasteiger partial charge in [0.2, 0.25) is 5.13 Å². The minimum atomic E-state index is -0.469. The van der Waals surface area contributed by atoms with E-state index in [1.165, 1.54) is 29.5 Å². The summed E-state index contributed by atoms with van der Waals surface area (Å²) < 4.78 is 5.28. The summed E-state index contributed by atoms with van der Waals surface area (Å²) in [5.41, 5.74) is 0.480. The minimum Gasteiger partial charge on any atom is -0.484 e. The number of nitrogens with one attached hydrogen (secondary N) is 1. The zero-order chi connectivity index (χ0) is 15.4. The van der Waals surface area contributed by atoms with Crippen molar-refractivity contribution in [3.8, 4) is 5.75 Å². The van der Waals surface area contributed by atoms with Gasteiger partial charge in [0.1, 0.15) is 10.8 Å². The number of rotatable bonds is 5. The van der Waals surface area contributed by atoms with Gasteiger partial charge >= 0.3 is 0 Å². The molecule has 0 bridgehead atoms. The van der Waals surface area contributed by atoms with Gasteiger partial charge in [-0.05, 0) is 26.0 Å². The van der Waals surface area contributed by atoms with Gasteiger partial charge in [0.15, 0.2) is 6.61 Å². The number of nitrogens with zero attached hydrogens (tertiary/aromatic N) is 3.